The van der Waals surface area contributed by atoms with Gasteiger partial charge in [-0.3, -0.25) is 0 Å². The van der Waals surface area contributed by atoms with Crippen LogP contribution in [0, 0.1) is 11.3 Å². The number of aliphatic hydroxyl groups is 1. The molecule has 4 rings (SSSR count). The lowest BCUT2D eigenvalue weighted by Gasteiger charge is -2.22. The molecule has 0 aliphatic carbocycles. The standard InChI is InChI=1S/C20H23N5O3/c1-20(2,26)13-28-16-7-17(19-14(8-21)9-23-25(19)12-16)15-10-22-24(11-15)18-5-3-4-6-27-18/h7,9-12,18,26H,3-6,13H2,1-2H3. The fraction of sp³-hybridized carbons (Fsp3) is 0.450. The van der Waals surface area contributed by atoms with Gasteiger partial charge in [-0.2, -0.15) is 15.5 Å². The van der Waals surface area contributed by atoms with E-state index in [2.05, 4.69) is 16.3 Å². The van der Waals surface area contributed by atoms with E-state index in [9.17, 15) is 10.4 Å². The van der Waals surface area contributed by atoms with Gasteiger partial charge in [-0.1, -0.05) is 0 Å². The first-order chi connectivity index (χ1) is 13.4. The maximum absolute atomic E-state index is 9.95. The molecule has 1 aliphatic heterocycles. The highest BCUT2D eigenvalue weighted by Crippen LogP contribution is 2.32. The summed E-state index contributed by atoms with van der Waals surface area (Å²) in [5.41, 5.74) is 1.86. The molecule has 0 bridgehead atoms. The van der Waals surface area contributed by atoms with E-state index in [1.165, 1.54) is 6.20 Å². The number of rotatable bonds is 5. The van der Waals surface area contributed by atoms with Crippen molar-refractivity contribution in [1.29, 1.82) is 5.26 Å². The average Bonchev–Trinajstić information content (AvgIpc) is 3.33. The van der Waals surface area contributed by atoms with Gasteiger partial charge in [0, 0.05) is 23.9 Å². The third kappa shape index (κ3) is 3.72. The number of pyridine rings is 1. The third-order valence-corrected chi connectivity index (χ3v) is 4.66. The van der Waals surface area contributed by atoms with Gasteiger partial charge in [-0.15, -0.1) is 0 Å². The second-order valence-electron chi connectivity index (χ2n) is 7.68. The Kier molecular flexibility index (Phi) is 4.79. The molecule has 1 fully saturated rings. The van der Waals surface area contributed by atoms with Crippen molar-refractivity contribution in [3.63, 3.8) is 0 Å². The molecule has 0 saturated carbocycles. The number of aromatic nitrogens is 4. The van der Waals surface area contributed by atoms with Gasteiger partial charge in [0.15, 0.2) is 0 Å². The predicted molar refractivity (Wildman–Crippen MR) is 102 cm³/mol. The summed E-state index contributed by atoms with van der Waals surface area (Å²) < 4.78 is 15.0. The van der Waals surface area contributed by atoms with Crippen LogP contribution < -0.4 is 4.74 Å². The van der Waals surface area contributed by atoms with Crippen LogP contribution in [0.15, 0.2) is 30.9 Å². The lowest BCUT2D eigenvalue weighted by Crippen LogP contribution is -2.27. The van der Waals surface area contributed by atoms with Gasteiger partial charge >= 0.3 is 0 Å². The summed E-state index contributed by atoms with van der Waals surface area (Å²) >= 11 is 0. The lowest BCUT2D eigenvalue weighted by molar-refractivity contribution is -0.0394. The summed E-state index contributed by atoms with van der Waals surface area (Å²) in [5, 5.41) is 28.2. The van der Waals surface area contributed by atoms with Crippen molar-refractivity contribution in [1.82, 2.24) is 19.4 Å². The second kappa shape index (κ2) is 7.26. The number of nitrogens with zero attached hydrogens (tertiary/aromatic N) is 5. The topological polar surface area (TPSA) is 97.6 Å². The molecule has 0 radical (unpaired) electrons. The van der Waals surface area contributed by atoms with Crippen LogP contribution in [0.2, 0.25) is 0 Å². The summed E-state index contributed by atoms with van der Waals surface area (Å²) in [7, 11) is 0. The molecule has 146 valence electrons. The van der Waals surface area contributed by atoms with E-state index in [1.54, 1.807) is 30.8 Å². The Labute approximate surface area is 162 Å². The van der Waals surface area contributed by atoms with Crippen LogP contribution in [0.4, 0.5) is 0 Å². The van der Waals surface area contributed by atoms with Gasteiger partial charge in [0.25, 0.3) is 0 Å². The molecular formula is C20H23N5O3. The predicted octanol–water partition coefficient (Wildman–Crippen LogP) is 2.92. The zero-order valence-electron chi connectivity index (χ0n) is 16.0. The highest BCUT2D eigenvalue weighted by molar-refractivity contribution is 5.84. The minimum Gasteiger partial charge on any atom is -0.489 e. The van der Waals surface area contributed by atoms with Crippen LogP contribution in [0.1, 0.15) is 44.9 Å². The Morgan fingerprint density at radius 2 is 2.18 bits per heavy atom. The van der Waals surface area contributed by atoms with Gasteiger partial charge in [0.05, 0.1) is 35.3 Å². The van der Waals surface area contributed by atoms with Crippen molar-refractivity contribution in [3.05, 3.63) is 36.4 Å². The first-order valence-corrected chi connectivity index (χ1v) is 9.37. The van der Waals surface area contributed by atoms with E-state index in [-0.39, 0.29) is 12.8 Å². The fourth-order valence-corrected chi connectivity index (χ4v) is 3.30. The summed E-state index contributed by atoms with van der Waals surface area (Å²) in [5.74, 6) is 0.555. The summed E-state index contributed by atoms with van der Waals surface area (Å²) in [6, 6.07) is 4.04. The van der Waals surface area contributed by atoms with Crippen molar-refractivity contribution in [3.8, 4) is 22.9 Å². The second-order valence-corrected chi connectivity index (χ2v) is 7.68. The highest BCUT2D eigenvalue weighted by Gasteiger charge is 2.20. The van der Waals surface area contributed by atoms with Crippen molar-refractivity contribution < 1.29 is 14.6 Å². The molecule has 1 saturated heterocycles. The van der Waals surface area contributed by atoms with Gasteiger partial charge in [-0.05, 0) is 39.2 Å². The highest BCUT2D eigenvalue weighted by atomic mass is 16.5. The maximum Gasteiger partial charge on any atom is 0.150 e. The number of hydrogen-bond acceptors (Lipinski definition) is 6. The molecule has 1 atom stereocenters. The minimum atomic E-state index is -0.958. The van der Waals surface area contributed by atoms with Gasteiger partial charge in [0.2, 0.25) is 0 Å². The Bertz CT molecular complexity index is 1020. The molecule has 3 aromatic rings. The monoisotopic (exact) mass is 381 g/mol. The van der Waals surface area contributed by atoms with Crippen molar-refractivity contribution in [2.45, 2.75) is 44.9 Å². The zero-order chi connectivity index (χ0) is 19.7. The van der Waals surface area contributed by atoms with Crippen LogP contribution in [0.3, 0.4) is 0 Å². The average molecular weight is 381 g/mol. The van der Waals surface area contributed by atoms with Crippen molar-refractivity contribution in [2.24, 2.45) is 0 Å². The molecule has 1 aliphatic rings. The molecule has 4 heterocycles. The van der Waals surface area contributed by atoms with E-state index >= 15 is 0 Å². The van der Waals surface area contributed by atoms with E-state index in [0.717, 1.165) is 37.0 Å². The molecule has 1 unspecified atom stereocenters. The van der Waals surface area contributed by atoms with Crippen molar-refractivity contribution in [2.75, 3.05) is 13.2 Å². The Morgan fingerprint density at radius 3 is 2.89 bits per heavy atom. The Hall–Kier alpha value is -2.89. The van der Waals surface area contributed by atoms with Crippen LogP contribution >= 0.6 is 0 Å². The third-order valence-electron chi connectivity index (χ3n) is 4.66. The van der Waals surface area contributed by atoms with Crippen LogP contribution in [-0.4, -0.2) is 43.3 Å². The molecule has 0 aromatic carbocycles. The Morgan fingerprint density at radius 1 is 1.32 bits per heavy atom. The first kappa shape index (κ1) is 18.5. The summed E-state index contributed by atoms with van der Waals surface area (Å²) in [4.78, 5) is 0. The van der Waals surface area contributed by atoms with Gasteiger partial charge < -0.3 is 14.6 Å². The molecule has 1 N–H and O–H groups in total. The molecule has 8 heteroatoms. The SMILES string of the molecule is CC(C)(O)COc1cc(-c2cnn(C3CCCCO3)c2)c2c(C#N)cnn2c1. The smallest absolute Gasteiger partial charge is 0.150 e. The van der Waals surface area contributed by atoms with Crippen LogP contribution in [-0.2, 0) is 4.74 Å². The fourth-order valence-electron chi connectivity index (χ4n) is 3.30. The van der Waals surface area contributed by atoms with Crippen molar-refractivity contribution >= 4 is 5.52 Å². The van der Waals surface area contributed by atoms with Gasteiger partial charge in [-0.25, -0.2) is 9.20 Å². The quantitative estimate of drug-likeness (QED) is 0.730. The van der Waals surface area contributed by atoms with E-state index in [1.807, 2.05) is 16.9 Å². The molecule has 8 nitrogen and oxygen atoms in total. The molecule has 28 heavy (non-hydrogen) atoms. The summed E-state index contributed by atoms with van der Waals surface area (Å²) in [6.07, 6.45) is 10.0. The number of ether oxygens (including phenoxy) is 2. The summed E-state index contributed by atoms with van der Waals surface area (Å²) in [6.45, 7) is 4.25. The number of fused-ring (bicyclic) bond motifs is 1. The van der Waals surface area contributed by atoms with E-state index in [0.29, 0.717) is 16.8 Å². The molecular weight excluding hydrogens is 358 g/mol. The zero-order valence-corrected chi connectivity index (χ0v) is 16.0. The minimum absolute atomic E-state index is 0.0616. The number of hydrogen-bond donors (Lipinski definition) is 1. The van der Waals surface area contributed by atoms with Crippen LogP contribution in [0.5, 0.6) is 5.75 Å². The number of nitriles is 1. The van der Waals surface area contributed by atoms with Gasteiger partial charge in [0.1, 0.15) is 24.7 Å². The molecule has 0 amide bonds. The van der Waals surface area contributed by atoms with E-state index in [4.69, 9.17) is 9.47 Å². The Balaban J connectivity index is 1.75. The normalized spacial score (nSPS) is 17.6. The largest absolute Gasteiger partial charge is 0.489 e. The molecule has 3 aromatic heterocycles. The molecule has 0 spiro atoms. The first-order valence-electron chi connectivity index (χ1n) is 9.37. The van der Waals surface area contributed by atoms with E-state index < -0.39 is 5.60 Å². The lowest BCUT2D eigenvalue weighted by atomic mass is 10.1. The van der Waals surface area contributed by atoms with Crippen LogP contribution in [0.25, 0.3) is 16.6 Å². The maximum atomic E-state index is 9.95.